The van der Waals surface area contributed by atoms with Crippen LogP contribution in [0.1, 0.15) is 23.7 Å². The number of hydrogen-bond acceptors (Lipinski definition) is 4. The van der Waals surface area contributed by atoms with Crippen molar-refractivity contribution in [3.63, 3.8) is 0 Å². The lowest BCUT2D eigenvalue weighted by atomic mass is 10.1. The molecule has 1 aliphatic rings. The number of carbonyl (C=O) groups is 1. The zero-order valence-electron chi connectivity index (χ0n) is 9.94. The molecule has 2 rings (SSSR count). The second kappa shape index (κ2) is 4.68. The fraction of sp³-hybridized carbons (Fsp3) is 0.417. The SMILES string of the molecule is CC(=O)c1ccc(F)c(NC2CCS(=O)(=O)C2)c1. The molecule has 18 heavy (non-hydrogen) atoms. The van der Waals surface area contributed by atoms with E-state index < -0.39 is 15.7 Å². The normalized spacial score (nSPS) is 21.8. The smallest absolute Gasteiger partial charge is 0.159 e. The van der Waals surface area contributed by atoms with E-state index in [1.165, 1.54) is 25.1 Å². The number of halogens is 1. The van der Waals surface area contributed by atoms with Crippen molar-refractivity contribution >= 4 is 21.3 Å². The average Bonchev–Trinajstić information content (AvgIpc) is 2.61. The third-order valence-electron chi connectivity index (χ3n) is 2.96. The summed E-state index contributed by atoms with van der Waals surface area (Å²) < 4.78 is 36.2. The standard InChI is InChI=1S/C12H14FNO3S/c1-8(15)9-2-3-11(13)12(6-9)14-10-4-5-18(16,17)7-10/h2-3,6,10,14H,4-5,7H2,1H3. The molecular weight excluding hydrogens is 257 g/mol. The number of benzene rings is 1. The molecule has 0 bridgehead atoms. The van der Waals surface area contributed by atoms with E-state index in [1.54, 1.807) is 0 Å². The Kier molecular flexibility index (Phi) is 3.38. The van der Waals surface area contributed by atoms with Gasteiger partial charge in [0.25, 0.3) is 0 Å². The van der Waals surface area contributed by atoms with Crippen LogP contribution in [0.25, 0.3) is 0 Å². The Balaban J connectivity index is 2.19. The van der Waals surface area contributed by atoms with Crippen LogP contribution >= 0.6 is 0 Å². The molecule has 0 radical (unpaired) electrons. The minimum atomic E-state index is -3.01. The number of sulfone groups is 1. The summed E-state index contributed by atoms with van der Waals surface area (Å²) in [5.41, 5.74) is 0.588. The van der Waals surface area contributed by atoms with Crippen LogP contribution in [0, 0.1) is 5.82 Å². The van der Waals surface area contributed by atoms with E-state index in [4.69, 9.17) is 0 Å². The number of nitrogens with one attached hydrogen (secondary N) is 1. The molecule has 1 fully saturated rings. The summed E-state index contributed by atoms with van der Waals surface area (Å²) in [4.78, 5) is 11.2. The Morgan fingerprint density at radius 3 is 2.72 bits per heavy atom. The highest BCUT2D eigenvalue weighted by Gasteiger charge is 2.28. The Morgan fingerprint density at radius 1 is 1.44 bits per heavy atom. The second-order valence-electron chi connectivity index (χ2n) is 4.50. The maximum absolute atomic E-state index is 13.6. The maximum Gasteiger partial charge on any atom is 0.159 e. The first-order valence-electron chi connectivity index (χ1n) is 5.65. The fourth-order valence-corrected chi connectivity index (χ4v) is 3.66. The Morgan fingerprint density at radius 2 is 2.17 bits per heavy atom. The first kappa shape index (κ1) is 13.0. The summed E-state index contributed by atoms with van der Waals surface area (Å²) >= 11 is 0. The average molecular weight is 271 g/mol. The summed E-state index contributed by atoms with van der Waals surface area (Å²) in [5, 5.41) is 2.85. The van der Waals surface area contributed by atoms with Crippen LogP contribution in [0.2, 0.25) is 0 Å². The highest BCUT2D eigenvalue weighted by molar-refractivity contribution is 7.91. The Hall–Kier alpha value is -1.43. The molecule has 1 unspecified atom stereocenters. The largest absolute Gasteiger partial charge is 0.379 e. The quantitative estimate of drug-likeness (QED) is 0.849. The minimum Gasteiger partial charge on any atom is -0.379 e. The molecule has 4 nitrogen and oxygen atoms in total. The van der Waals surface area contributed by atoms with E-state index in [-0.39, 0.29) is 29.0 Å². The molecule has 1 N–H and O–H groups in total. The molecule has 1 saturated heterocycles. The number of rotatable bonds is 3. The van der Waals surface area contributed by atoms with Crippen LogP contribution in [0.4, 0.5) is 10.1 Å². The van der Waals surface area contributed by atoms with Crippen LogP contribution in [0.15, 0.2) is 18.2 Å². The van der Waals surface area contributed by atoms with Crippen molar-refractivity contribution in [1.82, 2.24) is 0 Å². The number of carbonyl (C=O) groups excluding carboxylic acids is 1. The molecule has 0 amide bonds. The summed E-state index contributed by atoms with van der Waals surface area (Å²) in [6.07, 6.45) is 0.464. The van der Waals surface area contributed by atoms with Gasteiger partial charge in [0.1, 0.15) is 5.82 Å². The molecule has 1 atom stereocenters. The molecule has 6 heteroatoms. The van der Waals surface area contributed by atoms with E-state index in [0.717, 1.165) is 0 Å². The van der Waals surface area contributed by atoms with Gasteiger partial charge in [-0.3, -0.25) is 4.79 Å². The van der Waals surface area contributed by atoms with Crippen molar-refractivity contribution in [1.29, 1.82) is 0 Å². The molecule has 0 aliphatic carbocycles. The minimum absolute atomic E-state index is 0.0107. The number of ketones is 1. The van der Waals surface area contributed by atoms with Gasteiger partial charge in [0, 0.05) is 11.6 Å². The predicted octanol–water partition coefficient (Wildman–Crippen LogP) is 1.63. The van der Waals surface area contributed by atoms with Crippen molar-refractivity contribution in [3.8, 4) is 0 Å². The van der Waals surface area contributed by atoms with Crippen molar-refractivity contribution in [2.45, 2.75) is 19.4 Å². The van der Waals surface area contributed by atoms with Gasteiger partial charge < -0.3 is 5.32 Å². The van der Waals surface area contributed by atoms with Crippen LogP contribution in [-0.4, -0.2) is 31.7 Å². The van der Waals surface area contributed by atoms with Crippen molar-refractivity contribution in [2.24, 2.45) is 0 Å². The summed E-state index contributed by atoms with van der Waals surface area (Å²) in [6.45, 7) is 1.40. The van der Waals surface area contributed by atoms with E-state index >= 15 is 0 Å². The Bertz CT molecular complexity index is 583. The van der Waals surface area contributed by atoms with Crippen LogP contribution in [0.5, 0.6) is 0 Å². The lowest BCUT2D eigenvalue weighted by Crippen LogP contribution is -2.21. The first-order valence-corrected chi connectivity index (χ1v) is 7.47. The van der Waals surface area contributed by atoms with Crippen LogP contribution in [-0.2, 0) is 9.84 Å². The maximum atomic E-state index is 13.6. The third-order valence-corrected chi connectivity index (χ3v) is 4.73. The number of Topliss-reactive ketones (excluding diaryl/α,β-unsaturated/α-hetero) is 1. The third kappa shape index (κ3) is 2.87. The first-order chi connectivity index (χ1) is 8.37. The van der Waals surface area contributed by atoms with Gasteiger partial charge in [-0.1, -0.05) is 0 Å². The van der Waals surface area contributed by atoms with Gasteiger partial charge in [0.05, 0.1) is 17.2 Å². The second-order valence-corrected chi connectivity index (χ2v) is 6.72. The molecule has 0 spiro atoms. The van der Waals surface area contributed by atoms with Gasteiger partial charge in [0.2, 0.25) is 0 Å². The van der Waals surface area contributed by atoms with Crippen molar-refractivity contribution < 1.29 is 17.6 Å². The van der Waals surface area contributed by atoms with Gasteiger partial charge in [-0.2, -0.15) is 0 Å². The van der Waals surface area contributed by atoms with Gasteiger partial charge >= 0.3 is 0 Å². The molecule has 0 saturated carbocycles. The van der Waals surface area contributed by atoms with E-state index in [0.29, 0.717) is 12.0 Å². The summed E-state index contributed by atoms with van der Waals surface area (Å²) in [5.74, 6) is -0.503. The molecule has 1 aliphatic heterocycles. The van der Waals surface area contributed by atoms with E-state index in [1.807, 2.05) is 0 Å². The van der Waals surface area contributed by atoms with Gasteiger partial charge in [-0.05, 0) is 31.5 Å². The fourth-order valence-electron chi connectivity index (χ4n) is 1.98. The molecule has 0 aromatic heterocycles. The van der Waals surface area contributed by atoms with Gasteiger partial charge in [-0.15, -0.1) is 0 Å². The van der Waals surface area contributed by atoms with Crippen molar-refractivity contribution in [3.05, 3.63) is 29.6 Å². The molecule has 1 aromatic rings. The van der Waals surface area contributed by atoms with E-state index in [9.17, 15) is 17.6 Å². The predicted molar refractivity (Wildman–Crippen MR) is 67.1 cm³/mol. The highest BCUT2D eigenvalue weighted by atomic mass is 32.2. The molecule has 98 valence electrons. The summed E-state index contributed by atoms with van der Waals surface area (Å²) in [7, 11) is -3.01. The molecule has 1 heterocycles. The highest BCUT2D eigenvalue weighted by Crippen LogP contribution is 2.21. The summed E-state index contributed by atoms with van der Waals surface area (Å²) in [6, 6.07) is 3.76. The zero-order chi connectivity index (χ0) is 13.3. The monoisotopic (exact) mass is 271 g/mol. The number of hydrogen-bond donors (Lipinski definition) is 1. The van der Waals surface area contributed by atoms with Crippen LogP contribution < -0.4 is 5.32 Å². The topological polar surface area (TPSA) is 63.2 Å². The lowest BCUT2D eigenvalue weighted by molar-refractivity contribution is 0.101. The van der Waals surface area contributed by atoms with Gasteiger partial charge in [-0.25, -0.2) is 12.8 Å². The van der Waals surface area contributed by atoms with Crippen LogP contribution in [0.3, 0.4) is 0 Å². The lowest BCUT2D eigenvalue weighted by Gasteiger charge is -2.13. The van der Waals surface area contributed by atoms with Crippen molar-refractivity contribution in [2.75, 3.05) is 16.8 Å². The zero-order valence-corrected chi connectivity index (χ0v) is 10.8. The molecular formula is C12H14FNO3S. The Labute approximate surface area is 105 Å². The molecule has 1 aromatic carbocycles. The van der Waals surface area contributed by atoms with E-state index in [2.05, 4.69) is 5.32 Å². The number of anilines is 1. The van der Waals surface area contributed by atoms with Gasteiger partial charge in [0.15, 0.2) is 15.6 Å².